The number of pyridine rings is 1. The van der Waals surface area contributed by atoms with Crippen molar-refractivity contribution in [3.05, 3.63) is 90.8 Å². The van der Waals surface area contributed by atoms with Crippen molar-refractivity contribution in [2.75, 3.05) is 45.2 Å². The monoisotopic (exact) mass is 773 g/mol. The smallest absolute Gasteiger partial charge is 0.332 e. The number of nitrogens with one attached hydrogen (secondary N) is 3. The highest BCUT2D eigenvalue weighted by Gasteiger charge is 2.40. The molecule has 3 aliphatic rings. The number of aliphatic hydroxyl groups excluding tert-OH is 1. The van der Waals surface area contributed by atoms with Gasteiger partial charge in [0.1, 0.15) is 17.5 Å². The fraction of sp³-hybridized carbons (Fsp3) is 0.368. The number of hydrogen-bond donors (Lipinski definition) is 4. The number of amides is 2. The van der Waals surface area contributed by atoms with Crippen molar-refractivity contribution in [2.45, 2.75) is 37.6 Å². The SMILES string of the molecule is COc1nc(-c2cccc(-c3cccc(Nc4ncnc5c4c(=O)n(C)c(=O)n5C)c3Cl)c2Cl)cc2c1CCC2.O=C1NC2(CCNC2)CCN1CCO. The van der Waals surface area contributed by atoms with Crippen LogP contribution in [0.3, 0.4) is 0 Å². The van der Waals surface area contributed by atoms with Gasteiger partial charge in [-0.25, -0.2) is 24.5 Å². The number of urea groups is 1. The molecule has 2 aromatic carbocycles. The van der Waals surface area contributed by atoms with Crippen LogP contribution in [0.15, 0.2) is 58.4 Å². The molecular weight excluding hydrogens is 733 g/mol. The number of carbonyl (C=O) groups is 1. The molecule has 2 amide bonds. The Morgan fingerprint density at radius 2 is 1.74 bits per heavy atom. The second kappa shape index (κ2) is 15.4. The summed E-state index contributed by atoms with van der Waals surface area (Å²) in [5.74, 6) is 0.867. The highest BCUT2D eigenvalue weighted by Crippen LogP contribution is 2.43. The van der Waals surface area contributed by atoms with Crippen molar-refractivity contribution >= 4 is 51.8 Å². The zero-order chi connectivity index (χ0) is 38.1. The van der Waals surface area contributed by atoms with E-state index in [9.17, 15) is 14.4 Å². The number of halogens is 2. The molecule has 2 saturated heterocycles. The number of benzene rings is 2. The maximum absolute atomic E-state index is 13.0. The Kier molecular flexibility index (Phi) is 10.6. The zero-order valence-corrected chi connectivity index (χ0v) is 31.7. The first-order chi connectivity index (χ1) is 26.1. The molecule has 8 rings (SSSR count). The Morgan fingerprint density at radius 3 is 2.46 bits per heavy atom. The van der Waals surface area contributed by atoms with Crippen molar-refractivity contribution in [1.82, 2.24) is 39.6 Å². The van der Waals surface area contributed by atoms with E-state index in [0.29, 0.717) is 33.7 Å². The standard InChI is InChI=1S/C29H24Cl2N6O3.C9H17N3O2/c1-36-26-22(28(38)37(2)29(36)39)25(32-14-33-26)34-20-12-6-10-18(24(20)31)17-9-5-11-19(23(17)30)21-13-15-7-4-8-16(15)27(35-21)40-3;13-6-5-12-4-2-9(11-8(12)14)1-3-10-7-9/h5-6,9-14H,4,7-8H2,1-3H3,(H,32,33,34);10,13H,1-7H2,(H,11,14). The van der Waals surface area contributed by atoms with E-state index in [-0.39, 0.29) is 35.0 Å². The summed E-state index contributed by atoms with van der Waals surface area (Å²) < 4.78 is 7.91. The third-order valence-corrected chi connectivity index (χ3v) is 11.2. The average molecular weight is 775 g/mol. The average Bonchev–Trinajstić information content (AvgIpc) is 3.85. The minimum atomic E-state index is -0.513. The molecule has 2 fully saturated rings. The summed E-state index contributed by atoms with van der Waals surface area (Å²) in [6, 6.07) is 13.3. The molecule has 16 heteroatoms. The number of β-amino-alcohol motifs (C(OH)–C–C–N with tert-alkyl or cyclic N) is 1. The number of fused-ring (bicyclic) bond motifs is 2. The molecule has 1 unspecified atom stereocenters. The number of hydrogen-bond acceptors (Lipinski definition) is 10. The second-order valence-electron chi connectivity index (χ2n) is 13.7. The summed E-state index contributed by atoms with van der Waals surface area (Å²) in [7, 11) is 4.60. The van der Waals surface area contributed by atoms with Crippen molar-refractivity contribution in [2.24, 2.45) is 14.1 Å². The largest absolute Gasteiger partial charge is 0.481 e. The van der Waals surface area contributed by atoms with Gasteiger partial charge in [-0.3, -0.25) is 13.9 Å². The molecule has 282 valence electrons. The fourth-order valence-corrected chi connectivity index (χ4v) is 8.06. The second-order valence-corrected chi connectivity index (χ2v) is 14.4. The first-order valence-corrected chi connectivity index (χ1v) is 18.5. The van der Waals surface area contributed by atoms with Crippen molar-refractivity contribution in [3.63, 3.8) is 0 Å². The van der Waals surface area contributed by atoms with Gasteiger partial charge in [0.2, 0.25) is 5.88 Å². The molecule has 1 aliphatic carbocycles. The van der Waals surface area contributed by atoms with Crippen LogP contribution >= 0.6 is 23.2 Å². The van der Waals surface area contributed by atoms with Gasteiger partial charge in [0.05, 0.1) is 40.7 Å². The van der Waals surface area contributed by atoms with E-state index in [4.69, 9.17) is 38.0 Å². The minimum Gasteiger partial charge on any atom is -0.481 e. The molecule has 5 heterocycles. The van der Waals surface area contributed by atoms with E-state index in [1.165, 1.54) is 23.5 Å². The van der Waals surface area contributed by atoms with Gasteiger partial charge in [-0.15, -0.1) is 0 Å². The molecule has 5 aromatic rings. The van der Waals surface area contributed by atoms with Crippen molar-refractivity contribution in [1.29, 1.82) is 0 Å². The van der Waals surface area contributed by atoms with E-state index in [1.807, 2.05) is 30.3 Å². The van der Waals surface area contributed by atoms with Gasteiger partial charge in [-0.2, -0.15) is 0 Å². The number of aromatic nitrogens is 5. The van der Waals surface area contributed by atoms with Crippen LogP contribution in [0.2, 0.25) is 10.0 Å². The summed E-state index contributed by atoms with van der Waals surface area (Å²) >= 11 is 13.9. The van der Waals surface area contributed by atoms with Gasteiger partial charge in [0.15, 0.2) is 5.65 Å². The lowest BCUT2D eigenvalue weighted by Crippen LogP contribution is -2.61. The molecule has 3 aromatic heterocycles. The third kappa shape index (κ3) is 6.90. The number of methoxy groups -OCH3 is 1. The van der Waals surface area contributed by atoms with Gasteiger partial charge in [-0.1, -0.05) is 53.5 Å². The highest BCUT2D eigenvalue weighted by atomic mass is 35.5. The van der Waals surface area contributed by atoms with Crippen molar-refractivity contribution in [3.8, 4) is 28.3 Å². The van der Waals surface area contributed by atoms with Gasteiger partial charge in [-0.05, 0) is 56.3 Å². The fourth-order valence-electron chi connectivity index (χ4n) is 7.46. The molecule has 0 radical (unpaired) electrons. The van der Waals surface area contributed by atoms with Gasteiger partial charge >= 0.3 is 11.7 Å². The van der Waals surface area contributed by atoms with Crippen LogP contribution in [0.1, 0.15) is 30.4 Å². The number of anilines is 2. The van der Waals surface area contributed by atoms with Crippen LogP contribution in [-0.2, 0) is 26.9 Å². The molecule has 0 bridgehead atoms. The number of rotatable bonds is 7. The molecular formula is C38H41Cl2N9O5. The van der Waals surface area contributed by atoms with Crippen LogP contribution in [-0.4, -0.2) is 85.6 Å². The topological polar surface area (TPSA) is 169 Å². The summed E-state index contributed by atoms with van der Waals surface area (Å²) in [5, 5.41) is 19.3. The summed E-state index contributed by atoms with van der Waals surface area (Å²) in [4.78, 5) is 51.8. The number of nitrogens with zero attached hydrogens (tertiary/aromatic N) is 6. The Bertz CT molecular complexity index is 2380. The van der Waals surface area contributed by atoms with Crippen molar-refractivity contribution < 1.29 is 14.6 Å². The Labute approximate surface area is 321 Å². The predicted molar refractivity (Wildman–Crippen MR) is 209 cm³/mol. The lowest BCUT2D eigenvalue weighted by Gasteiger charge is -2.39. The van der Waals surface area contributed by atoms with E-state index in [1.54, 1.807) is 25.1 Å². The van der Waals surface area contributed by atoms with E-state index >= 15 is 0 Å². The Balaban J connectivity index is 0.000000269. The Morgan fingerprint density at radius 1 is 0.981 bits per heavy atom. The van der Waals surface area contributed by atoms with Crippen LogP contribution < -0.4 is 31.9 Å². The predicted octanol–water partition coefficient (Wildman–Crippen LogP) is 4.43. The first-order valence-electron chi connectivity index (χ1n) is 17.8. The molecule has 4 N–H and O–H groups in total. The maximum Gasteiger partial charge on any atom is 0.332 e. The molecule has 2 aliphatic heterocycles. The lowest BCUT2D eigenvalue weighted by atomic mass is 9.92. The van der Waals surface area contributed by atoms with Crippen LogP contribution in [0.4, 0.5) is 16.3 Å². The summed E-state index contributed by atoms with van der Waals surface area (Å²) in [6.07, 6.45) is 6.30. The Hall–Kier alpha value is -5.02. The minimum absolute atomic E-state index is 0.0109. The summed E-state index contributed by atoms with van der Waals surface area (Å²) in [5.41, 5.74) is 5.03. The number of ether oxygens (including phenoxy) is 1. The van der Waals surface area contributed by atoms with E-state index in [2.05, 4.69) is 32.0 Å². The summed E-state index contributed by atoms with van der Waals surface area (Å²) in [6.45, 7) is 3.11. The molecule has 14 nitrogen and oxygen atoms in total. The third-order valence-electron chi connectivity index (χ3n) is 10.4. The van der Waals surface area contributed by atoms with Gasteiger partial charge in [0.25, 0.3) is 5.56 Å². The number of carbonyl (C=O) groups excluding carboxylic acids is 1. The molecule has 1 atom stereocenters. The quantitative estimate of drug-likeness (QED) is 0.186. The number of aryl methyl sites for hydroxylation is 2. The van der Waals surface area contributed by atoms with Crippen LogP contribution in [0, 0.1) is 0 Å². The van der Waals surface area contributed by atoms with E-state index in [0.717, 1.165) is 78.7 Å². The normalized spacial score (nSPS) is 17.7. The number of aliphatic hydroxyl groups is 1. The van der Waals surface area contributed by atoms with E-state index < -0.39 is 11.2 Å². The molecule has 1 spiro atoms. The molecule has 0 saturated carbocycles. The van der Waals surface area contributed by atoms with Gasteiger partial charge < -0.3 is 30.7 Å². The lowest BCUT2D eigenvalue weighted by molar-refractivity contribution is 0.136. The highest BCUT2D eigenvalue weighted by molar-refractivity contribution is 6.39. The van der Waals surface area contributed by atoms with Gasteiger partial charge in [0, 0.05) is 56.0 Å². The van der Waals surface area contributed by atoms with Crippen LogP contribution in [0.25, 0.3) is 33.4 Å². The van der Waals surface area contributed by atoms with Crippen LogP contribution in [0.5, 0.6) is 5.88 Å². The first kappa shape index (κ1) is 37.3. The maximum atomic E-state index is 13.0. The molecule has 54 heavy (non-hydrogen) atoms. The zero-order valence-electron chi connectivity index (χ0n) is 30.2.